The molecule has 6 nitrogen and oxygen atoms in total. The van der Waals surface area contributed by atoms with Crippen molar-refractivity contribution in [2.45, 2.75) is 36.6 Å². The number of sulfonamides is 1. The second-order valence-corrected chi connectivity index (χ2v) is 7.62. The van der Waals surface area contributed by atoms with E-state index in [2.05, 4.69) is 0 Å². The van der Waals surface area contributed by atoms with Crippen LogP contribution in [0.25, 0.3) is 0 Å². The molecule has 0 aliphatic heterocycles. The van der Waals surface area contributed by atoms with E-state index >= 15 is 0 Å². The summed E-state index contributed by atoms with van der Waals surface area (Å²) in [6.45, 7) is 0.510. The van der Waals surface area contributed by atoms with Gasteiger partial charge in [-0.2, -0.15) is 4.31 Å². The fourth-order valence-electron chi connectivity index (χ4n) is 2.34. The number of aromatic hydroxyl groups is 1. The van der Waals surface area contributed by atoms with E-state index in [4.69, 9.17) is 5.11 Å². The Morgan fingerprint density at radius 3 is 2.43 bits per heavy atom. The summed E-state index contributed by atoms with van der Waals surface area (Å²) in [5, 5.41) is 18.5. The number of rotatable bonds is 6. The SMILES string of the molecule is O=C(O)c1cc(S(=O)(=O)N(CC2CC2)C2CC2)ccc1O. The first-order chi connectivity index (χ1) is 9.89. The minimum absolute atomic E-state index is 0.0395. The van der Waals surface area contributed by atoms with Crippen molar-refractivity contribution < 1.29 is 23.4 Å². The average molecular weight is 311 g/mol. The molecule has 21 heavy (non-hydrogen) atoms. The molecule has 0 unspecified atom stereocenters. The summed E-state index contributed by atoms with van der Waals surface area (Å²) in [6, 6.07) is 3.46. The molecule has 0 amide bonds. The van der Waals surface area contributed by atoms with Gasteiger partial charge in [-0.15, -0.1) is 0 Å². The third-order valence-corrected chi connectivity index (χ3v) is 5.81. The Bertz CT molecular complexity index is 677. The molecule has 0 saturated heterocycles. The summed E-state index contributed by atoms with van der Waals surface area (Å²) in [7, 11) is -3.71. The smallest absolute Gasteiger partial charge is 0.339 e. The molecule has 2 saturated carbocycles. The Morgan fingerprint density at radius 1 is 1.24 bits per heavy atom. The summed E-state index contributed by atoms with van der Waals surface area (Å²) in [4.78, 5) is 11.0. The van der Waals surface area contributed by atoms with Crippen LogP contribution in [-0.4, -0.2) is 41.5 Å². The molecule has 7 heteroatoms. The van der Waals surface area contributed by atoms with Crippen molar-refractivity contribution in [3.63, 3.8) is 0 Å². The maximum absolute atomic E-state index is 12.7. The number of carboxylic acid groups (broad SMARTS) is 1. The van der Waals surface area contributed by atoms with E-state index in [-0.39, 0.29) is 10.9 Å². The van der Waals surface area contributed by atoms with Crippen LogP contribution >= 0.6 is 0 Å². The lowest BCUT2D eigenvalue weighted by Crippen LogP contribution is -2.35. The molecule has 0 spiro atoms. The lowest BCUT2D eigenvalue weighted by molar-refractivity contribution is 0.0693. The molecule has 114 valence electrons. The molecule has 2 aliphatic carbocycles. The van der Waals surface area contributed by atoms with Gasteiger partial charge in [0.15, 0.2) is 0 Å². The van der Waals surface area contributed by atoms with Gasteiger partial charge in [0.2, 0.25) is 10.0 Å². The van der Waals surface area contributed by atoms with Gasteiger partial charge in [0.05, 0.1) is 4.90 Å². The molecular formula is C14H17NO5S. The normalized spacial score (nSPS) is 18.9. The first kappa shape index (κ1) is 14.3. The number of phenols is 1. The number of nitrogens with zero attached hydrogens (tertiary/aromatic N) is 1. The van der Waals surface area contributed by atoms with Crippen LogP contribution in [0.5, 0.6) is 5.75 Å². The van der Waals surface area contributed by atoms with Crippen molar-refractivity contribution in [3.8, 4) is 5.75 Å². The van der Waals surface area contributed by atoms with E-state index in [1.807, 2.05) is 0 Å². The molecule has 1 aromatic rings. The van der Waals surface area contributed by atoms with E-state index in [0.717, 1.165) is 37.8 Å². The third-order valence-electron chi connectivity index (χ3n) is 3.89. The molecule has 2 N–H and O–H groups in total. The summed E-state index contributed by atoms with van der Waals surface area (Å²) < 4.78 is 26.9. The van der Waals surface area contributed by atoms with Crippen molar-refractivity contribution in [1.82, 2.24) is 4.31 Å². The third kappa shape index (κ3) is 2.89. The second-order valence-electron chi connectivity index (χ2n) is 5.73. The van der Waals surface area contributed by atoms with Crippen LogP contribution in [-0.2, 0) is 10.0 Å². The van der Waals surface area contributed by atoms with Gasteiger partial charge < -0.3 is 10.2 Å². The highest BCUT2D eigenvalue weighted by molar-refractivity contribution is 7.89. The zero-order valence-corrected chi connectivity index (χ0v) is 12.2. The van der Waals surface area contributed by atoms with E-state index in [1.165, 1.54) is 10.4 Å². The first-order valence-electron chi connectivity index (χ1n) is 6.98. The predicted octanol–water partition coefficient (Wildman–Crippen LogP) is 1.65. The monoisotopic (exact) mass is 311 g/mol. The number of aromatic carboxylic acids is 1. The van der Waals surface area contributed by atoms with Crippen molar-refractivity contribution in [3.05, 3.63) is 23.8 Å². The largest absolute Gasteiger partial charge is 0.507 e. The van der Waals surface area contributed by atoms with Crippen molar-refractivity contribution >= 4 is 16.0 Å². The predicted molar refractivity (Wildman–Crippen MR) is 74.7 cm³/mol. The van der Waals surface area contributed by atoms with Gasteiger partial charge in [0.1, 0.15) is 11.3 Å². The summed E-state index contributed by atoms with van der Waals surface area (Å²) in [5.41, 5.74) is -0.391. The molecular weight excluding hydrogens is 294 g/mol. The molecule has 0 radical (unpaired) electrons. The van der Waals surface area contributed by atoms with Crippen LogP contribution in [0.3, 0.4) is 0 Å². The topological polar surface area (TPSA) is 94.9 Å². The maximum atomic E-state index is 12.7. The standard InChI is InChI=1S/C14H17NO5S/c16-13-6-5-11(7-12(13)14(17)18)21(19,20)15(10-3-4-10)8-9-1-2-9/h5-7,9-10,16H,1-4,8H2,(H,17,18). The van der Waals surface area contributed by atoms with Crippen molar-refractivity contribution in [2.75, 3.05) is 6.54 Å². The van der Waals surface area contributed by atoms with E-state index < -0.39 is 27.3 Å². The zero-order chi connectivity index (χ0) is 15.2. The molecule has 0 heterocycles. The molecule has 2 fully saturated rings. The number of benzene rings is 1. The second kappa shape index (κ2) is 4.99. The Morgan fingerprint density at radius 2 is 1.90 bits per heavy atom. The van der Waals surface area contributed by atoms with Gasteiger partial charge in [-0.25, -0.2) is 13.2 Å². The fourth-order valence-corrected chi connectivity index (χ4v) is 4.13. The minimum atomic E-state index is -3.71. The van der Waals surface area contributed by atoms with Gasteiger partial charge in [-0.1, -0.05) is 0 Å². The van der Waals surface area contributed by atoms with E-state index in [9.17, 15) is 18.3 Å². The highest BCUT2D eigenvalue weighted by atomic mass is 32.2. The van der Waals surface area contributed by atoms with Gasteiger partial charge in [-0.3, -0.25) is 0 Å². The summed E-state index contributed by atoms with van der Waals surface area (Å²) in [5.74, 6) is -1.34. The van der Waals surface area contributed by atoms with Gasteiger partial charge in [0.25, 0.3) is 0 Å². The highest BCUT2D eigenvalue weighted by Crippen LogP contribution is 2.38. The molecule has 0 bridgehead atoms. The number of carboxylic acids is 1. The quantitative estimate of drug-likeness (QED) is 0.833. The van der Waals surface area contributed by atoms with Gasteiger partial charge in [0, 0.05) is 12.6 Å². The van der Waals surface area contributed by atoms with Crippen molar-refractivity contribution in [1.29, 1.82) is 0 Å². The lowest BCUT2D eigenvalue weighted by atomic mass is 10.2. The van der Waals surface area contributed by atoms with Crippen LogP contribution in [0.2, 0.25) is 0 Å². The highest BCUT2D eigenvalue weighted by Gasteiger charge is 2.41. The van der Waals surface area contributed by atoms with Crippen molar-refractivity contribution in [2.24, 2.45) is 5.92 Å². The minimum Gasteiger partial charge on any atom is -0.507 e. The fraction of sp³-hybridized carbons (Fsp3) is 0.500. The van der Waals surface area contributed by atoms with E-state index in [1.54, 1.807) is 0 Å². The number of carbonyl (C=O) groups is 1. The Hall–Kier alpha value is -1.60. The Labute approximate surface area is 123 Å². The number of hydrogen-bond donors (Lipinski definition) is 2. The van der Waals surface area contributed by atoms with E-state index in [0.29, 0.717) is 12.5 Å². The van der Waals surface area contributed by atoms with Gasteiger partial charge >= 0.3 is 5.97 Å². The summed E-state index contributed by atoms with van der Waals surface area (Å²) in [6.07, 6.45) is 3.81. The first-order valence-corrected chi connectivity index (χ1v) is 8.42. The van der Waals surface area contributed by atoms with Crippen LogP contribution in [0.1, 0.15) is 36.0 Å². The molecule has 0 atom stereocenters. The molecule has 1 aromatic carbocycles. The average Bonchev–Trinajstić information content (AvgIpc) is 3.28. The van der Waals surface area contributed by atoms with Crippen LogP contribution in [0.4, 0.5) is 0 Å². The Balaban J connectivity index is 1.96. The van der Waals surface area contributed by atoms with Crippen LogP contribution in [0, 0.1) is 5.92 Å². The van der Waals surface area contributed by atoms with Crippen LogP contribution in [0.15, 0.2) is 23.1 Å². The Kier molecular flexibility index (Phi) is 3.41. The lowest BCUT2D eigenvalue weighted by Gasteiger charge is -2.22. The van der Waals surface area contributed by atoms with Crippen LogP contribution < -0.4 is 0 Å². The molecule has 3 rings (SSSR count). The summed E-state index contributed by atoms with van der Waals surface area (Å²) >= 11 is 0. The molecule has 2 aliphatic rings. The maximum Gasteiger partial charge on any atom is 0.339 e. The molecule has 0 aromatic heterocycles. The zero-order valence-electron chi connectivity index (χ0n) is 11.4. The van der Waals surface area contributed by atoms with Gasteiger partial charge in [-0.05, 0) is 49.8 Å². The number of hydrogen-bond acceptors (Lipinski definition) is 4.